The molecular formula is C15H23NO3. The Kier molecular flexibility index (Phi) is 5.83. The largest absolute Gasteiger partial charge is 0.496 e. The molecule has 1 N–H and O–H groups in total. The van der Waals surface area contributed by atoms with Crippen LogP contribution < -0.4 is 4.74 Å². The van der Waals surface area contributed by atoms with Crippen LogP contribution >= 0.6 is 0 Å². The Morgan fingerprint density at radius 1 is 1.47 bits per heavy atom. The summed E-state index contributed by atoms with van der Waals surface area (Å²) in [7, 11) is 3.63. The molecule has 0 aliphatic heterocycles. The van der Waals surface area contributed by atoms with Crippen molar-refractivity contribution in [3.05, 3.63) is 29.3 Å². The molecule has 0 bridgehead atoms. The number of aryl methyl sites for hydroxylation is 1. The van der Waals surface area contributed by atoms with E-state index in [-0.39, 0.29) is 12.5 Å². The molecule has 4 heteroatoms. The van der Waals surface area contributed by atoms with Crippen molar-refractivity contribution in [1.29, 1.82) is 0 Å². The number of carboxylic acid groups (broad SMARTS) is 1. The number of carbonyl (C=O) groups is 1. The molecule has 0 fully saturated rings. The molecule has 4 nitrogen and oxygen atoms in total. The lowest BCUT2D eigenvalue weighted by atomic mass is 10.1. The van der Waals surface area contributed by atoms with Gasteiger partial charge in [0.25, 0.3) is 0 Å². The zero-order valence-corrected chi connectivity index (χ0v) is 12.1. The van der Waals surface area contributed by atoms with Gasteiger partial charge in [0, 0.05) is 12.6 Å². The summed E-state index contributed by atoms with van der Waals surface area (Å²) in [6.07, 6.45) is 1.09. The first-order valence-corrected chi connectivity index (χ1v) is 6.49. The number of hydrogen-bond acceptors (Lipinski definition) is 3. The van der Waals surface area contributed by atoms with Crippen LogP contribution in [0.5, 0.6) is 5.75 Å². The van der Waals surface area contributed by atoms with Gasteiger partial charge in [-0.25, -0.2) is 0 Å². The van der Waals surface area contributed by atoms with Crippen LogP contribution in [0.25, 0.3) is 0 Å². The maximum absolute atomic E-state index is 10.7. The van der Waals surface area contributed by atoms with Gasteiger partial charge in [0.15, 0.2) is 0 Å². The maximum Gasteiger partial charge on any atom is 0.304 e. The first kappa shape index (κ1) is 15.5. The molecule has 0 aromatic heterocycles. The summed E-state index contributed by atoms with van der Waals surface area (Å²) < 4.78 is 5.23. The van der Waals surface area contributed by atoms with E-state index in [1.165, 1.54) is 5.56 Å². The fourth-order valence-electron chi connectivity index (χ4n) is 2.03. The molecule has 106 valence electrons. The van der Waals surface area contributed by atoms with Crippen LogP contribution in [0.15, 0.2) is 18.2 Å². The second-order valence-electron chi connectivity index (χ2n) is 4.98. The summed E-state index contributed by atoms with van der Waals surface area (Å²) in [5, 5.41) is 8.77. The summed E-state index contributed by atoms with van der Waals surface area (Å²) in [5.41, 5.74) is 2.37. The van der Waals surface area contributed by atoms with E-state index in [4.69, 9.17) is 9.84 Å². The summed E-state index contributed by atoms with van der Waals surface area (Å²) >= 11 is 0. The van der Waals surface area contributed by atoms with Gasteiger partial charge >= 0.3 is 5.97 Å². The SMILES string of the molecule is COc1ccc(CCN(C)C(C)CC(=O)O)cc1C. The summed E-state index contributed by atoms with van der Waals surface area (Å²) in [6.45, 7) is 4.81. The molecule has 0 radical (unpaired) electrons. The third-order valence-corrected chi connectivity index (χ3v) is 3.43. The predicted molar refractivity (Wildman–Crippen MR) is 75.8 cm³/mol. The Hall–Kier alpha value is -1.55. The first-order valence-electron chi connectivity index (χ1n) is 6.49. The average Bonchev–Trinajstić information content (AvgIpc) is 2.35. The molecule has 1 unspecified atom stereocenters. The van der Waals surface area contributed by atoms with E-state index in [0.29, 0.717) is 0 Å². The molecule has 0 spiro atoms. The van der Waals surface area contributed by atoms with E-state index in [2.05, 4.69) is 17.0 Å². The lowest BCUT2D eigenvalue weighted by Gasteiger charge is -2.23. The minimum Gasteiger partial charge on any atom is -0.496 e. The number of rotatable bonds is 7. The van der Waals surface area contributed by atoms with Gasteiger partial charge in [-0.3, -0.25) is 4.79 Å². The van der Waals surface area contributed by atoms with Gasteiger partial charge in [-0.05, 0) is 44.5 Å². The quantitative estimate of drug-likeness (QED) is 0.822. The van der Waals surface area contributed by atoms with Crippen molar-refractivity contribution in [1.82, 2.24) is 4.90 Å². The van der Waals surface area contributed by atoms with Gasteiger partial charge in [0.2, 0.25) is 0 Å². The van der Waals surface area contributed by atoms with Gasteiger partial charge < -0.3 is 14.7 Å². The van der Waals surface area contributed by atoms with Crippen LogP contribution in [0.1, 0.15) is 24.5 Å². The fourth-order valence-corrected chi connectivity index (χ4v) is 2.03. The van der Waals surface area contributed by atoms with Crippen molar-refractivity contribution in [2.24, 2.45) is 0 Å². The van der Waals surface area contributed by atoms with Crippen LogP contribution in [0.2, 0.25) is 0 Å². The molecule has 19 heavy (non-hydrogen) atoms. The number of carboxylic acids is 1. The van der Waals surface area contributed by atoms with E-state index in [1.807, 2.05) is 27.0 Å². The number of nitrogens with zero attached hydrogens (tertiary/aromatic N) is 1. The molecule has 0 amide bonds. The molecule has 1 aromatic rings. The van der Waals surface area contributed by atoms with Crippen molar-refractivity contribution in [2.45, 2.75) is 32.7 Å². The fraction of sp³-hybridized carbons (Fsp3) is 0.533. The highest BCUT2D eigenvalue weighted by Gasteiger charge is 2.12. The number of aliphatic carboxylic acids is 1. The molecule has 1 aromatic carbocycles. The Balaban J connectivity index is 2.52. The molecule has 0 aliphatic rings. The van der Waals surface area contributed by atoms with Crippen molar-refractivity contribution in [2.75, 3.05) is 20.7 Å². The van der Waals surface area contributed by atoms with Gasteiger partial charge in [-0.2, -0.15) is 0 Å². The molecule has 0 saturated carbocycles. The standard InChI is InChI=1S/C15H23NO3/c1-11-9-13(5-6-14(11)19-4)7-8-16(3)12(2)10-15(17)18/h5-6,9,12H,7-8,10H2,1-4H3,(H,17,18). The Bertz CT molecular complexity index is 431. The van der Waals surface area contributed by atoms with Crippen molar-refractivity contribution < 1.29 is 14.6 Å². The molecule has 0 saturated heterocycles. The zero-order chi connectivity index (χ0) is 14.4. The maximum atomic E-state index is 10.7. The number of methoxy groups -OCH3 is 1. The Labute approximate surface area is 115 Å². The highest BCUT2D eigenvalue weighted by Crippen LogP contribution is 2.19. The molecule has 0 heterocycles. The van der Waals surface area contributed by atoms with E-state index < -0.39 is 5.97 Å². The second-order valence-corrected chi connectivity index (χ2v) is 4.98. The highest BCUT2D eigenvalue weighted by atomic mass is 16.5. The number of hydrogen-bond donors (Lipinski definition) is 1. The summed E-state index contributed by atoms with van der Waals surface area (Å²) in [6, 6.07) is 6.21. The highest BCUT2D eigenvalue weighted by molar-refractivity contribution is 5.67. The summed E-state index contributed by atoms with van der Waals surface area (Å²) in [4.78, 5) is 12.7. The van der Waals surface area contributed by atoms with E-state index in [9.17, 15) is 4.79 Å². The minimum absolute atomic E-state index is 0.0526. The van der Waals surface area contributed by atoms with Gasteiger partial charge in [-0.15, -0.1) is 0 Å². The predicted octanol–water partition coefficient (Wildman–Crippen LogP) is 2.34. The van der Waals surface area contributed by atoms with Crippen LogP contribution in [-0.2, 0) is 11.2 Å². The van der Waals surface area contributed by atoms with Crippen LogP contribution in [0.3, 0.4) is 0 Å². The van der Waals surface area contributed by atoms with E-state index in [0.717, 1.165) is 24.3 Å². The molecular weight excluding hydrogens is 242 g/mol. The molecule has 0 aliphatic carbocycles. The van der Waals surface area contributed by atoms with Crippen molar-refractivity contribution in [3.8, 4) is 5.75 Å². The first-order chi connectivity index (χ1) is 8.93. The lowest BCUT2D eigenvalue weighted by Crippen LogP contribution is -2.32. The smallest absolute Gasteiger partial charge is 0.304 e. The van der Waals surface area contributed by atoms with Gasteiger partial charge in [-0.1, -0.05) is 12.1 Å². The number of ether oxygens (including phenoxy) is 1. The number of benzene rings is 1. The zero-order valence-electron chi connectivity index (χ0n) is 12.1. The second kappa shape index (κ2) is 7.14. The Morgan fingerprint density at radius 2 is 2.16 bits per heavy atom. The van der Waals surface area contributed by atoms with E-state index in [1.54, 1.807) is 7.11 Å². The lowest BCUT2D eigenvalue weighted by molar-refractivity contribution is -0.138. The third-order valence-electron chi connectivity index (χ3n) is 3.43. The average molecular weight is 265 g/mol. The van der Waals surface area contributed by atoms with Gasteiger partial charge in [0.05, 0.1) is 13.5 Å². The number of likely N-dealkylation sites (N-methyl/N-ethyl adjacent to an activating group) is 1. The summed E-state index contributed by atoms with van der Waals surface area (Å²) in [5.74, 6) is 0.149. The third kappa shape index (κ3) is 4.91. The molecule has 1 rings (SSSR count). The van der Waals surface area contributed by atoms with Crippen LogP contribution in [0.4, 0.5) is 0 Å². The Morgan fingerprint density at radius 3 is 2.68 bits per heavy atom. The van der Waals surface area contributed by atoms with E-state index >= 15 is 0 Å². The van der Waals surface area contributed by atoms with Crippen LogP contribution in [0, 0.1) is 6.92 Å². The monoisotopic (exact) mass is 265 g/mol. The van der Waals surface area contributed by atoms with Crippen molar-refractivity contribution >= 4 is 5.97 Å². The van der Waals surface area contributed by atoms with Gasteiger partial charge in [0.1, 0.15) is 5.75 Å². The molecule has 1 atom stereocenters. The van der Waals surface area contributed by atoms with Crippen molar-refractivity contribution in [3.63, 3.8) is 0 Å². The topological polar surface area (TPSA) is 49.8 Å². The minimum atomic E-state index is -0.750. The normalized spacial score (nSPS) is 12.5. The van der Waals surface area contributed by atoms with Crippen LogP contribution in [-0.4, -0.2) is 42.7 Å².